The van der Waals surface area contributed by atoms with Crippen molar-refractivity contribution in [3.63, 3.8) is 0 Å². The molecule has 0 aromatic heterocycles. The molecular weight excluding hydrogens is 280 g/mol. The minimum Gasteiger partial charge on any atom is -0.324 e. The standard InChI is InChI=1S/C11H15BrFN.ClH/c1-2-3-7-10(14)8-5-4-6-9(13)11(8)12;/h4-6,10H,2-3,7,14H2,1H3;1H/t10-;/m0./s1. The van der Waals surface area contributed by atoms with Gasteiger partial charge in [0.05, 0.1) is 4.47 Å². The molecule has 0 amide bonds. The van der Waals surface area contributed by atoms with Crippen LogP contribution in [0.25, 0.3) is 0 Å². The molecule has 1 nitrogen and oxygen atoms in total. The Morgan fingerprint density at radius 1 is 1.47 bits per heavy atom. The van der Waals surface area contributed by atoms with E-state index in [9.17, 15) is 4.39 Å². The lowest BCUT2D eigenvalue weighted by Gasteiger charge is -2.13. The minimum atomic E-state index is -0.241. The molecule has 0 saturated carbocycles. The van der Waals surface area contributed by atoms with E-state index in [4.69, 9.17) is 5.73 Å². The normalized spacial score (nSPS) is 12.0. The van der Waals surface area contributed by atoms with E-state index in [2.05, 4.69) is 22.9 Å². The Labute approximate surface area is 105 Å². The van der Waals surface area contributed by atoms with Crippen molar-refractivity contribution in [2.75, 3.05) is 0 Å². The molecule has 0 bridgehead atoms. The van der Waals surface area contributed by atoms with Gasteiger partial charge in [0.15, 0.2) is 0 Å². The highest BCUT2D eigenvalue weighted by molar-refractivity contribution is 9.10. The van der Waals surface area contributed by atoms with Gasteiger partial charge in [0, 0.05) is 6.04 Å². The maximum atomic E-state index is 13.2. The van der Waals surface area contributed by atoms with E-state index in [1.165, 1.54) is 6.07 Å². The molecule has 0 aliphatic heterocycles. The van der Waals surface area contributed by atoms with Crippen LogP contribution in [0.15, 0.2) is 22.7 Å². The molecule has 0 fully saturated rings. The molecule has 4 heteroatoms. The molecule has 0 aliphatic rings. The van der Waals surface area contributed by atoms with E-state index in [1.807, 2.05) is 6.07 Å². The quantitative estimate of drug-likeness (QED) is 0.885. The Morgan fingerprint density at radius 3 is 2.73 bits per heavy atom. The fourth-order valence-electron chi connectivity index (χ4n) is 1.39. The molecule has 1 aromatic carbocycles. The maximum Gasteiger partial charge on any atom is 0.137 e. The van der Waals surface area contributed by atoms with Gasteiger partial charge in [0.25, 0.3) is 0 Å². The summed E-state index contributed by atoms with van der Waals surface area (Å²) in [5.41, 5.74) is 6.81. The van der Waals surface area contributed by atoms with Gasteiger partial charge in [0.2, 0.25) is 0 Å². The van der Waals surface area contributed by atoms with Crippen molar-refractivity contribution in [1.29, 1.82) is 0 Å². The van der Waals surface area contributed by atoms with E-state index in [-0.39, 0.29) is 24.3 Å². The smallest absolute Gasteiger partial charge is 0.137 e. The van der Waals surface area contributed by atoms with Gasteiger partial charge in [-0.05, 0) is 34.0 Å². The molecule has 86 valence electrons. The van der Waals surface area contributed by atoms with E-state index < -0.39 is 0 Å². The number of rotatable bonds is 4. The second kappa shape index (κ2) is 7.20. The molecule has 0 saturated heterocycles. The van der Waals surface area contributed by atoms with Crippen LogP contribution in [-0.4, -0.2) is 0 Å². The predicted molar refractivity (Wildman–Crippen MR) is 67.8 cm³/mol. The average molecular weight is 297 g/mol. The molecule has 2 N–H and O–H groups in total. The monoisotopic (exact) mass is 295 g/mol. The van der Waals surface area contributed by atoms with Crippen LogP contribution in [0.2, 0.25) is 0 Å². The van der Waals surface area contributed by atoms with Crippen LogP contribution in [0, 0.1) is 5.82 Å². The van der Waals surface area contributed by atoms with Crippen LogP contribution in [0.3, 0.4) is 0 Å². The van der Waals surface area contributed by atoms with Crippen molar-refractivity contribution >= 4 is 28.3 Å². The first-order valence-electron chi connectivity index (χ1n) is 4.86. The second-order valence-corrected chi connectivity index (χ2v) is 4.18. The first kappa shape index (κ1) is 14.9. The number of hydrogen-bond acceptors (Lipinski definition) is 1. The van der Waals surface area contributed by atoms with Crippen molar-refractivity contribution in [1.82, 2.24) is 0 Å². The molecule has 0 spiro atoms. The SMILES string of the molecule is CCCC[C@H](N)c1cccc(F)c1Br.Cl. The highest BCUT2D eigenvalue weighted by Crippen LogP contribution is 2.27. The molecule has 1 rings (SSSR count). The number of unbranched alkanes of at least 4 members (excludes halogenated alkanes) is 1. The Bertz CT molecular complexity index is 307. The zero-order chi connectivity index (χ0) is 10.6. The first-order chi connectivity index (χ1) is 6.66. The van der Waals surface area contributed by atoms with Gasteiger partial charge in [-0.25, -0.2) is 4.39 Å². The molecule has 0 aliphatic carbocycles. The van der Waals surface area contributed by atoms with Crippen molar-refractivity contribution in [3.8, 4) is 0 Å². The molecule has 15 heavy (non-hydrogen) atoms. The third-order valence-electron chi connectivity index (χ3n) is 2.25. The Morgan fingerprint density at radius 2 is 2.13 bits per heavy atom. The maximum absolute atomic E-state index is 13.2. The van der Waals surface area contributed by atoms with Crippen molar-refractivity contribution < 1.29 is 4.39 Å². The van der Waals surface area contributed by atoms with Crippen molar-refractivity contribution in [2.24, 2.45) is 5.73 Å². The predicted octanol–water partition coefficient (Wildman–Crippen LogP) is 4.20. The summed E-state index contributed by atoms with van der Waals surface area (Å²) in [7, 11) is 0. The van der Waals surface area contributed by atoms with E-state index in [0.29, 0.717) is 4.47 Å². The topological polar surface area (TPSA) is 26.0 Å². The molecule has 0 heterocycles. The number of benzene rings is 1. The Kier molecular flexibility index (Phi) is 7.14. The zero-order valence-electron chi connectivity index (χ0n) is 8.67. The van der Waals surface area contributed by atoms with Gasteiger partial charge >= 0.3 is 0 Å². The number of hydrogen-bond donors (Lipinski definition) is 1. The summed E-state index contributed by atoms with van der Waals surface area (Å²) < 4.78 is 13.7. The van der Waals surface area contributed by atoms with Crippen LogP contribution in [0.1, 0.15) is 37.8 Å². The fraction of sp³-hybridized carbons (Fsp3) is 0.455. The highest BCUT2D eigenvalue weighted by atomic mass is 79.9. The fourth-order valence-corrected chi connectivity index (χ4v) is 1.94. The third kappa shape index (κ3) is 4.09. The lowest BCUT2D eigenvalue weighted by molar-refractivity contribution is 0.582. The highest BCUT2D eigenvalue weighted by Gasteiger charge is 2.11. The molecular formula is C11H16BrClFN. The number of halogens is 3. The van der Waals surface area contributed by atoms with Gasteiger partial charge < -0.3 is 5.73 Å². The summed E-state index contributed by atoms with van der Waals surface area (Å²) in [5, 5.41) is 0. The largest absolute Gasteiger partial charge is 0.324 e. The van der Waals surface area contributed by atoms with Gasteiger partial charge in [0.1, 0.15) is 5.82 Å². The second-order valence-electron chi connectivity index (χ2n) is 3.39. The summed E-state index contributed by atoms with van der Waals surface area (Å²) in [5.74, 6) is -0.241. The summed E-state index contributed by atoms with van der Waals surface area (Å²) in [6.45, 7) is 2.12. The Balaban J connectivity index is 0.00000196. The summed E-state index contributed by atoms with van der Waals surface area (Å²) >= 11 is 3.22. The molecule has 1 atom stereocenters. The van der Waals surface area contributed by atoms with Gasteiger partial charge in [-0.1, -0.05) is 31.9 Å². The summed E-state index contributed by atoms with van der Waals surface area (Å²) in [4.78, 5) is 0. The van der Waals surface area contributed by atoms with Crippen LogP contribution >= 0.6 is 28.3 Å². The summed E-state index contributed by atoms with van der Waals surface area (Å²) in [6, 6.07) is 4.93. The van der Waals surface area contributed by atoms with Crippen molar-refractivity contribution in [2.45, 2.75) is 32.2 Å². The molecule has 0 unspecified atom stereocenters. The molecule has 0 radical (unpaired) electrons. The van der Waals surface area contributed by atoms with Crippen LogP contribution in [-0.2, 0) is 0 Å². The summed E-state index contributed by atoms with van der Waals surface area (Å²) in [6.07, 6.45) is 3.09. The van der Waals surface area contributed by atoms with Gasteiger partial charge in [-0.3, -0.25) is 0 Å². The first-order valence-corrected chi connectivity index (χ1v) is 5.65. The van der Waals surface area contributed by atoms with Gasteiger partial charge in [-0.2, -0.15) is 0 Å². The van der Waals surface area contributed by atoms with E-state index >= 15 is 0 Å². The van der Waals surface area contributed by atoms with Crippen LogP contribution < -0.4 is 5.73 Å². The van der Waals surface area contributed by atoms with Crippen molar-refractivity contribution in [3.05, 3.63) is 34.1 Å². The zero-order valence-corrected chi connectivity index (χ0v) is 11.1. The van der Waals surface area contributed by atoms with Gasteiger partial charge in [-0.15, -0.1) is 12.4 Å². The lowest BCUT2D eigenvalue weighted by atomic mass is 10.0. The van der Waals surface area contributed by atoms with Crippen LogP contribution in [0.4, 0.5) is 4.39 Å². The Hall–Kier alpha value is -0.120. The van der Waals surface area contributed by atoms with Crippen LogP contribution in [0.5, 0.6) is 0 Å². The number of nitrogens with two attached hydrogens (primary N) is 1. The minimum absolute atomic E-state index is 0. The van der Waals surface area contributed by atoms with E-state index in [1.54, 1.807) is 6.07 Å². The third-order valence-corrected chi connectivity index (χ3v) is 3.09. The van der Waals surface area contributed by atoms with E-state index in [0.717, 1.165) is 24.8 Å². The lowest BCUT2D eigenvalue weighted by Crippen LogP contribution is -2.11. The average Bonchev–Trinajstić information content (AvgIpc) is 2.18. The molecule has 1 aromatic rings.